The van der Waals surface area contributed by atoms with Gasteiger partial charge in [0, 0.05) is 6.42 Å². The molecule has 1 aliphatic heterocycles. The van der Waals surface area contributed by atoms with Gasteiger partial charge < -0.3 is 4.74 Å². The summed E-state index contributed by atoms with van der Waals surface area (Å²) in [6, 6.07) is 3.88. The first-order chi connectivity index (χ1) is 11.4. The van der Waals surface area contributed by atoms with Gasteiger partial charge in [-0.15, -0.1) is 0 Å². The van der Waals surface area contributed by atoms with Crippen molar-refractivity contribution in [3.05, 3.63) is 58.7 Å². The number of aryl methyl sites for hydroxylation is 2. The van der Waals surface area contributed by atoms with E-state index in [1.807, 2.05) is 45.1 Å². The Morgan fingerprint density at radius 2 is 1.88 bits per heavy atom. The fourth-order valence-electron chi connectivity index (χ4n) is 3.60. The molecule has 0 N–H and O–H groups in total. The van der Waals surface area contributed by atoms with E-state index in [1.54, 1.807) is 6.08 Å². The predicted molar refractivity (Wildman–Crippen MR) is 94.0 cm³/mol. The second kappa shape index (κ2) is 6.76. The Kier molecular flexibility index (Phi) is 4.70. The largest absolute Gasteiger partial charge is 0.459 e. The smallest absolute Gasteiger partial charge is 0.338 e. The topological polar surface area (TPSA) is 43.4 Å². The Morgan fingerprint density at radius 3 is 2.67 bits per heavy atom. The highest BCUT2D eigenvalue weighted by Crippen LogP contribution is 2.43. The van der Waals surface area contributed by atoms with E-state index in [-0.39, 0.29) is 24.3 Å². The quantitative estimate of drug-likeness (QED) is 0.674. The van der Waals surface area contributed by atoms with Gasteiger partial charge in [0.25, 0.3) is 0 Å². The van der Waals surface area contributed by atoms with Crippen molar-refractivity contribution in [1.29, 1.82) is 0 Å². The molecular formula is C21H24O3. The molecule has 1 aliphatic carbocycles. The van der Waals surface area contributed by atoms with Crippen LogP contribution >= 0.6 is 0 Å². The summed E-state index contributed by atoms with van der Waals surface area (Å²) in [6.07, 6.45) is 9.66. The van der Waals surface area contributed by atoms with E-state index in [1.165, 1.54) is 0 Å². The van der Waals surface area contributed by atoms with E-state index in [2.05, 4.69) is 6.08 Å². The summed E-state index contributed by atoms with van der Waals surface area (Å²) in [7, 11) is 0. The molecule has 0 saturated heterocycles. The third kappa shape index (κ3) is 3.84. The van der Waals surface area contributed by atoms with E-state index < -0.39 is 0 Å². The van der Waals surface area contributed by atoms with E-state index in [9.17, 15) is 9.59 Å². The number of cyclic esters (lactones) is 1. The van der Waals surface area contributed by atoms with E-state index >= 15 is 0 Å². The number of ketones is 1. The molecule has 1 heterocycles. The van der Waals surface area contributed by atoms with Crippen LogP contribution in [0.5, 0.6) is 0 Å². The molecule has 3 nitrogen and oxygen atoms in total. The van der Waals surface area contributed by atoms with Crippen molar-refractivity contribution >= 4 is 11.8 Å². The first kappa shape index (κ1) is 16.7. The Morgan fingerprint density at radius 1 is 1.08 bits per heavy atom. The normalized spacial score (nSPS) is 29.7. The summed E-state index contributed by atoms with van der Waals surface area (Å²) in [6.45, 7) is 5.83. The predicted octanol–water partition coefficient (Wildman–Crippen LogP) is 4.11. The zero-order valence-electron chi connectivity index (χ0n) is 14.5. The molecule has 0 amide bonds. The monoisotopic (exact) mass is 324 g/mol. The lowest BCUT2D eigenvalue weighted by atomic mass is 9.95. The van der Waals surface area contributed by atoms with Gasteiger partial charge in [-0.1, -0.05) is 35.9 Å². The molecule has 3 rings (SSSR count). The van der Waals surface area contributed by atoms with Gasteiger partial charge in [0.1, 0.15) is 0 Å². The van der Waals surface area contributed by atoms with Crippen molar-refractivity contribution in [1.82, 2.24) is 0 Å². The van der Waals surface area contributed by atoms with Gasteiger partial charge in [-0.2, -0.15) is 0 Å². The number of carbonyl (C=O) groups is 2. The summed E-state index contributed by atoms with van der Waals surface area (Å²) in [5.74, 6) is 0.813. The fraction of sp³-hybridized carbons (Fsp3) is 0.429. The Hall–Kier alpha value is -2.16. The summed E-state index contributed by atoms with van der Waals surface area (Å²) in [5, 5.41) is 0. The van der Waals surface area contributed by atoms with Crippen LogP contribution in [0.25, 0.3) is 0 Å². The molecule has 3 heteroatoms. The van der Waals surface area contributed by atoms with E-state index in [4.69, 9.17) is 4.74 Å². The fourth-order valence-corrected chi connectivity index (χ4v) is 3.60. The summed E-state index contributed by atoms with van der Waals surface area (Å²) in [4.78, 5) is 24.9. The molecule has 0 aromatic heterocycles. The molecule has 0 unspecified atom stereocenters. The SMILES string of the molecule is Cc1cc(C)c2c(c1)CC(=O)/C=C/C=C\[C@@H]1C[C@@H]1C[C@@H](C)OC2=O. The van der Waals surface area contributed by atoms with Gasteiger partial charge in [0.2, 0.25) is 0 Å². The zero-order chi connectivity index (χ0) is 17.3. The summed E-state index contributed by atoms with van der Waals surface area (Å²) in [5.41, 5.74) is 3.22. The van der Waals surface area contributed by atoms with Gasteiger partial charge in [-0.05, 0) is 62.7 Å². The van der Waals surface area contributed by atoms with E-state index in [0.29, 0.717) is 17.4 Å². The van der Waals surface area contributed by atoms with Crippen molar-refractivity contribution in [3.63, 3.8) is 0 Å². The van der Waals surface area contributed by atoms with Gasteiger partial charge in [0.05, 0.1) is 11.7 Å². The highest BCUT2D eigenvalue weighted by atomic mass is 16.5. The number of carbonyl (C=O) groups excluding carboxylic acids is 2. The molecule has 1 fully saturated rings. The molecule has 1 aromatic carbocycles. The molecule has 2 aliphatic rings. The van der Waals surface area contributed by atoms with Crippen LogP contribution in [-0.4, -0.2) is 17.9 Å². The minimum absolute atomic E-state index is 0.00356. The lowest BCUT2D eigenvalue weighted by Crippen LogP contribution is -2.19. The lowest BCUT2D eigenvalue weighted by molar-refractivity contribution is -0.114. The third-order valence-electron chi connectivity index (χ3n) is 4.80. The van der Waals surface area contributed by atoms with Crippen molar-refractivity contribution in [2.45, 2.75) is 46.1 Å². The molecule has 1 saturated carbocycles. The lowest BCUT2D eigenvalue weighted by Gasteiger charge is -2.17. The summed E-state index contributed by atoms with van der Waals surface area (Å²) < 4.78 is 5.68. The molecular weight excluding hydrogens is 300 g/mol. The maximum absolute atomic E-state index is 12.7. The average molecular weight is 324 g/mol. The maximum Gasteiger partial charge on any atom is 0.338 e. The molecule has 0 radical (unpaired) electrons. The van der Waals surface area contributed by atoms with E-state index in [0.717, 1.165) is 29.5 Å². The second-order valence-corrected chi connectivity index (χ2v) is 7.11. The Labute approximate surface area is 143 Å². The number of allylic oxidation sites excluding steroid dienone is 4. The number of rotatable bonds is 0. The Balaban J connectivity index is 1.96. The first-order valence-corrected chi connectivity index (χ1v) is 8.63. The zero-order valence-corrected chi connectivity index (χ0v) is 14.5. The van der Waals surface area contributed by atoms with Crippen molar-refractivity contribution < 1.29 is 14.3 Å². The molecule has 0 spiro atoms. The highest BCUT2D eigenvalue weighted by Gasteiger charge is 2.36. The molecule has 3 atom stereocenters. The van der Waals surface area contributed by atoms with Crippen molar-refractivity contribution in [2.75, 3.05) is 0 Å². The third-order valence-corrected chi connectivity index (χ3v) is 4.80. The maximum atomic E-state index is 12.7. The molecule has 24 heavy (non-hydrogen) atoms. The van der Waals surface area contributed by atoms with Crippen molar-refractivity contribution in [2.24, 2.45) is 11.8 Å². The van der Waals surface area contributed by atoms with Crippen LogP contribution in [0.2, 0.25) is 0 Å². The molecule has 126 valence electrons. The van der Waals surface area contributed by atoms with Crippen LogP contribution in [0.4, 0.5) is 0 Å². The summed E-state index contributed by atoms with van der Waals surface area (Å²) >= 11 is 0. The van der Waals surface area contributed by atoms with Gasteiger partial charge in [0.15, 0.2) is 5.78 Å². The van der Waals surface area contributed by atoms with Gasteiger partial charge >= 0.3 is 5.97 Å². The number of hydrogen-bond acceptors (Lipinski definition) is 3. The number of hydrogen-bond donors (Lipinski definition) is 0. The van der Waals surface area contributed by atoms with Crippen LogP contribution in [0, 0.1) is 25.7 Å². The number of fused-ring (bicyclic) bond motifs is 2. The number of benzene rings is 1. The van der Waals surface area contributed by atoms with Crippen LogP contribution in [0.3, 0.4) is 0 Å². The van der Waals surface area contributed by atoms with Crippen LogP contribution in [0.1, 0.15) is 46.8 Å². The number of esters is 1. The standard InChI is InChI=1S/C21H24O3/c1-13-8-14(2)20-18(9-13)12-19(22)7-5-4-6-16-11-17(16)10-15(3)24-21(20)23/h4-9,15-17H,10-12H2,1-3H3/b6-4-,7-5+/t15-,16-,17+/m1/s1. The van der Waals surface area contributed by atoms with Crippen LogP contribution < -0.4 is 0 Å². The van der Waals surface area contributed by atoms with Gasteiger partial charge in [-0.3, -0.25) is 4.79 Å². The van der Waals surface area contributed by atoms with Crippen LogP contribution in [-0.2, 0) is 16.0 Å². The van der Waals surface area contributed by atoms with Crippen LogP contribution in [0.15, 0.2) is 36.4 Å². The highest BCUT2D eigenvalue weighted by molar-refractivity contribution is 5.97. The average Bonchev–Trinajstić information content (AvgIpc) is 3.19. The second-order valence-electron chi connectivity index (χ2n) is 7.11. The Bertz CT molecular complexity index is 727. The molecule has 0 bridgehead atoms. The van der Waals surface area contributed by atoms with Crippen molar-refractivity contribution in [3.8, 4) is 0 Å². The number of ether oxygens (including phenoxy) is 1. The van der Waals surface area contributed by atoms with Gasteiger partial charge in [-0.25, -0.2) is 4.79 Å². The molecule has 1 aromatic rings. The first-order valence-electron chi connectivity index (χ1n) is 8.63. The minimum Gasteiger partial charge on any atom is -0.459 e. The minimum atomic E-state index is -0.309.